The van der Waals surface area contributed by atoms with Gasteiger partial charge in [0, 0.05) is 31.6 Å². The summed E-state index contributed by atoms with van der Waals surface area (Å²) in [4.78, 5) is 14.4. The zero-order chi connectivity index (χ0) is 14.9. The van der Waals surface area contributed by atoms with Gasteiger partial charge in [-0.05, 0) is 42.2 Å². The molecule has 1 aromatic carbocycles. The molecule has 2 aliphatic heterocycles. The third-order valence-corrected chi connectivity index (χ3v) is 5.55. The first-order valence-corrected chi connectivity index (χ1v) is 8.65. The molecule has 2 aliphatic rings. The number of thioether (sulfide) groups is 1. The quantitative estimate of drug-likeness (QED) is 0.890. The summed E-state index contributed by atoms with van der Waals surface area (Å²) in [6.45, 7) is 1.59. The summed E-state index contributed by atoms with van der Waals surface area (Å²) in [5.74, 6) is 1.13. The van der Waals surface area contributed by atoms with Crippen LogP contribution >= 0.6 is 11.8 Å². The Morgan fingerprint density at radius 2 is 2.38 bits per heavy atom. The predicted molar refractivity (Wildman–Crippen MR) is 86.8 cm³/mol. The van der Waals surface area contributed by atoms with Crippen molar-refractivity contribution >= 4 is 23.4 Å². The van der Waals surface area contributed by atoms with Gasteiger partial charge in [0.2, 0.25) is 0 Å². The minimum atomic E-state index is -1.17. The summed E-state index contributed by atoms with van der Waals surface area (Å²) in [5, 5.41) is 13.1. The van der Waals surface area contributed by atoms with Crippen molar-refractivity contribution in [1.82, 2.24) is 5.32 Å². The fourth-order valence-electron chi connectivity index (χ4n) is 3.03. The zero-order valence-corrected chi connectivity index (χ0v) is 13.2. The Morgan fingerprint density at radius 3 is 3.14 bits per heavy atom. The smallest absolute Gasteiger partial charge is 0.253 e. The average Bonchev–Trinajstić information content (AvgIpc) is 2.93. The Kier molecular flexibility index (Phi) is 4.13. The second kappa shape index (κ2) is 5.89. The number of aliphatic hydroxyl groups is 1. The van der Waals surface area contributed by atoms with E-state index in [1.54, 1.807) is 11.8 Å². The maximum atomic E-state index is 12.1. The number of benzene rings is 1. The van der Waals surface area contributed by atoms with Crippen LogP contribution in [0, 0.1) is 0 Å². The Hall–Kier alpha value is -1.20. The van der Waals surface area contributed by atoms with E-state index in [0.717, 1.165) is 24.3 Å². The van der Waals surface area contributed by atoms with Crippen molar-refractivity contribution in [3.05, 3.63) is 29.3 Å². The molecule has 4 nitrogen and oxygen atoms in total. The highest BCUT2D eigenvalue weighted by atomic mass is 32.2. The number of nitrogens with zero attached hydrogens (tertiary/aromatic N) is 1. The lowest BCUT2D eigenvalue weighted by Gasteiger charge is -2.28. The third kappa shape index (κ3) is 3.04. The van der Waals surface area contributed by atoms with Crippen LogP contribution in [0.3, 0.4) is 0 Å². The van der Waals surface area contributed by atoms with Gasteiger partial charge in [-0.2, -0.15) is 11.8 Å². The van der Waals surface area contributed by atoms with Crippen molar-refractivity contribution in [3.63, 3.8) is 0 Å². The summed E-state index contributed by atoms with van der Waals surface area (Å²) >= 11 is 1.63. The molecule has 5 heteroatoms. The fraction of sp³-hybridized carbons (Fsp3) is 0.562. The van der Waals surface area contributed by atoms with E-state index in [9.17, 15) is 9.90 Å². The number of nitrogens with one attached hydrogen (secondary N) is 1. The van der Waals surface area contributed by atoms with Crippen molar-refractivity contribution in [3.8, 4) is 0 Å². The van der Waals surface area contributed by atoms with E-state index in [-0.39, 0.29) is 5.91 Å². The normalized spacial score (nSPS) is 24.8. The van der Waals surface area contributed by atoms with E-state index in [2.05, 4.69) is 35.5 Å². The Balaban J connectivity index is 1.64. The zero-order valence-electron chi connectivity index (χ0n) is 12.4. The van der Waals surface area contributed by atoms with Gasteiger partial charge in [0.15, 0.2) is 5.60 Å². The third-order valence-electron chi connectivity index (χ3n) is 4.37. The van der Waals surface area contributed by atoms with Crippen LogP contribution in [0.5, 0.6) is 0 Å². The number of hydrogen-bond donors (Lipinski definition) is 2. The van der Waals surface area contributed by atoms with Crippen LogP contribution in [0.2, 0.25) is 0 Å². The molecule has 3 rings (SSSR count). The number of hydrogen-bond acceptors (Lipinski definition) is 4. The van der Waals surface area contributed by atoms with Crippen molar-refractivity contribution in [2.45, 2.75) is 31.4 Å². The predicted octanol–water partition coefficient (Wildman–Crippen LogP) is 1.55. The molecule has 1 amide bonds. The monoisotopic (exact) mass is 306 g/mol. The second-order valence-corrected chi connectivity index (χ2v) is 7.11. The van der Waals surface area contributed by atoms with E-state index >= 15 is 0 Å². The molecule has 1 saturated heterocycles. The van der Waals surface area contributed by atoms with Gasteiger partial charge in [0.05, 0.1) is 0 Å². The van der Waals surface area contributed by atoms with Crippen LogP contribution < -0.4 is 10.2 Å². The van der Waals surface area contributed by atoms with Crippen LogP contribution in [-0.2, 0) is 17.8 Å². The van der Waals surface area contributed by atoms with E-state index in [1.165, 1.54) is 17.7 Å². The first-order valence-electron chi connectivity index (χ1n) is 7.50. The molecule has 0 radical (unpaired) electrons. The Morgan fingerprint density at radius 1 is 1.52 bits per heavy atom. The molecular weight excluding hydrogens is 284 g/mol. The molecular formula is C16H22N2O2S. The van der Waals surface area contributed by atoms with Crippen LogP contribution in [0.4, 0.5) is 5.69 Å². The molecule has 0 saturated carbocycles. The summed E-state index contributed by atoms with van der Waals surface area (Å²) in [6.07, 6.45) is 2.83. The molecule has 1 atom stereocenters. The van der Waals surface area contributed by atoms with Crippen LogP contribution in [0.15, 0.2) is 18.2 Å². The maximum absolute atomic E-state index is 12.1. The highest BCUT2D eigenvalue weighted by molar-refractivity contribution is 7.99. The van der Waals surface area contributed by atoms with Crippen molar-refractivity contribution in [2.24, 2.45) is 0 Å². The van der Waals surface area contributed by atoms with Crippen LogP contribution in [-0.4, -0.2) is 41.7 Å². The van der Waals surface area contributed by atoms with E-state index in [1.807, 2.05) is 0 Å². The summed E-state index contributed by atoms with van der Waals surface area (Å²) < 4.78 is 0. The van der Waals surface area contributed by atoms with E-state index in [4.69, 9.17) is 0 Å². The lowest BCUT2D eigenvalue weighted by Crippen LogP contribution is -2.46. The molecule has 1 unspecified atom stereocenters. The summed E-state index contributed by atoms with van der Waals surface area (Å²) in [7, 11) is 2.12. The molecule has 1 aromatic rings. The fourth-order valence-corrected chi connectivity index (χ4v) is 4.27. The molecule has 21 heavy (non-hydrogen) atoms. The number of carbonyl (C=O) groups is 1. The molecule has 2 heterocycles. The standard InChI is InChI=1S/C16H22N2O2S/c1-18-7-2-3-13-9-12(4-5-14(13)18)10-17-15(19)16(20)6-8-21-11-16/h4-5,9,20H,2-3,6-8,10-11H2,1H3,(H,17,19). The van der Waals surface area contributed by atoms with Gasteiger partial charge in [-0.25, -0.2) is 0 Å². The van der Waals surface area contributed by atoms with Gasteiger partial charge in [-0.3, -0.25) is 4.79 Å². The first kappa shape index (κ1) is 14.7. The van der Waals surface area contributed by atoms with Gasteiger partial charge in [-0.15, -0.1) is 0 Å². The van der Waals surface area contributed by atoms with Crippen LogP contribution in [0.1, 0.15) is 24.0 Å². The molecule has 0 bridgehead atoms. The number of anilines is 1. The molecule has 114 valence electrons. The van der Waals surface area contributed by atoms with Gasteiger partial charge in [0.25, 0.3) is 5.91 Å². The maximum Gasteiger partial charge on any atom is 0.253 e. The van der Waals surface area contributed by atoms with Crippen LogP contribution in [0.25, 0.3) is 0 Å². The molecule has 2 N–H and O–H groups in total. The lowest BCUT2D eigenvalue weighted by atomic mass is 9.99. The van der Waals surface area contributed by atoms with Gasteiger partial charge in [0.1, 0.15) is 0 Å². The van der Waals surface area contributed by atoms with E-state index < -0.39 is 5.60 Å². The van der Waals surface area contributed by atoms with Gasteiger partial charge in [-0.1, -0.05) is 12.1 Å². The number of carbonyl (C=O) groups excluding carboxylic acids is 1. The van der Waals surface area contributed by atoms with Crippen molar-refractivity contribution in [2.75, 3.05) is 30.0 Å². The summed E-state index contributed by atoms with van der Waals surface area (Å²) in [5.41, 5.74) is 2.58. The highest BCUT2D eigenvalue weighted by Gasteiger charge is 2.39. The SMILES string of the molecule is CN1CCCc2cc(CNC(=O)C3(O)CCSC3)ccc21. The van der Waals surface area contributed by atoms with E-state index in [0.29, 0.717) is 18.7 Å². The van der Waals surface area contributed by atoms with Gasteiger partial charge >= 0.3 is 0 Å². The number of fused-ring (bicyclic) bond motifs is 1. The number of amides is 1. The second-order valence-electron chi connectivity index (χ2n) is 6.01. The largest absolute Gasteiger partial charge is 0.379 e. The first-order chi connectivity index (χ1) is 10.1. The van der Waals surface area contributed by atoms with Crippen molar-refractivity contribution < 1.29 is 9.90 Å². The van der Waals surface area contributed by atoms with Gasteiger partial charge < -0.3 is 15.3 Å². The Bertz CT molecular complexity index is 541. The Labute approximate surface area is 129 Å². The molecule has 0 aliphatic carbocycles. The minimum Gasteiger partial charge on any atom is -0.379 e. The minimum absolute atomic E-state index is 0.234. The molecule has 0 spiro atoms. The highest BCUT2D eigenvalue weighted by Crippen LogP contribution is 2.29. The summed E-state index contributed by atoms with van der Waals surface area (Å²) in [6, 6.07) is 6.38. The lowest BCUT2D eigenvalue weighted by molar-refractivity contribution is -0.137. The number of rotatable bonds is 3. The molecule has 1 fully saturated rings. The molecule has 0 aromatic heterocycles. The van der Waals surface area contributed by atoms with Crippen molar-refractivity contribution in [1.29, 1.82) is 0 Å². The average molecular weight is 306 g/mol. The number of aryl methyl sites for hydroxylation is 1. The topological polar surface area (TPSA) is 52.6 Å².